The predicted molar refractivity (Wildman–Crippen MR) is 51.8 cm³/mol. The molecular weight excluding hydrogens is 183 g/mol. The van der Waals surface area contributed by atoms with Crippen molar-refractivity contribution >= 4 is 5.97 Å². The van der Waals surface area contributed by atoms with Gasteiger partial charge >= 0.3 is 5.97 Å². The van der Waals surface area contributed by atoms with E-state index in [0.717, 1.165) is 5.56 Å². The zero-order chi connectivity index (χ0) is 10.6. The molecule has 0 bridgehead atoms. The molecule has 0 saturated carbocycles. The van der Waals surface area contributed by atoms with Crippen molar-refractivity contribution in [2.75, 3.05) is 0 Å². The Labute approximate surface area is 82.4 Å². The highest BCUT2D eigenvalue weighted by Crippen LogP contribution is 2.15. The Morgan fingerprint density at radius 3 is 2.50 bits per heavy atom. The number of benzene rings is 1. The van der Waals surface area contributed by atoms with Gasteiger partial charge in [-0.15, -0.1) is 0 Å². The second kappa shape index (κ2) is 4.74. The van der Waals surface area contributed by atoms with Crippen LogP contribution in [0, 0.1) is 5.92 Å². The lowest BCUT2D eigenvalue weighted by Gasteiger charge is -2.09. The Balaban J connectivity index is 2.80. The lowest BCUT2D eigenvalue weighted by atomic mass is 9.97. The van der Waals surface area contributed by atoms with E-state index in [1.54, 1.807) is 31.2 Å². The molecule has 3 heteroatoms. The molecule has 0 aliphatic carbocycles. The van der Waals surface area contributed by atoms with Crippen LogP contribution in [0.4, 0.5) is 4.39 Å². The van der Waals surface area contributed by atoms with E-state index in [0.29, 0.717) is 12.0 Å². The zero-order valence-electron chi connectivity index (χ0n) is 8.03. The number of rotatable bonds is 4. The van der Waals surface area contributed by atoms with Gasteiger partial charge < -0.3 is 5.11 Å². The molecule has 14 heavy (non-hydrogen) atoms. The minimum Gasteiger partial charge on any atom is -0.481 e. The van der Waals surface area contributed by atoms with Gasteiger partial charge in [0, 0.05) is 0 Å². The van der Waals surface area contributed by atoms with Gasteiger partial charge in [-0.05, 0) is 17.5 Å². The first-order chi connectivity index (χ1) is 6.65. The third-order valence-electron chi connectivity index (χ3n) is 2.21. The molecule has 0 amide bonds. The van der Waals surface area contributed by atoms with E-state index in [9.17, 15) is 9.18 Å². The number of hydrogen-bond acceptors (Lipinski definition) is 1. The lowest BCUT2D eigenvalue weighted by molar-refractivity contribution is -0.141. The van der Waals surface area contributed by atoms with E-state index in [1.807, 2.05) is 0 Å². The number of carbonyl (C=O) groups is 1. The lowest BCUT2D eigenvalue weighted by Crippen LogP contribution is -2.13. The number of hydrogen-bond donors (Lipinski definition) is 1. The summed E-state index contributed by atoms with van der Waals surface area (Å²) in [5.74, 6) is -1.32. The van der Waals surface area contributed by atoms with Crippen LogP contribution >= 0.6 is 0 Å². The summed E-state index contributed by atoms with van der Waals surface area (Å²) in [6, 6.07) is 7.01. The predicted octanol–water partition coefficient (Wildman–Crippen LogP) is 2.42. The fraction of sp³-hybridized carbons (Fsp3) is 0.364. The number of carboxylic acids is 1. The van der Waals surface area contributed by atoms with Crippen LogP contribution < -0.4 is 0 Å². The molecule has 0 aliphatic rings. The molecule has 0 heterocycles. The summed E-state index contributed by atoms with van der Waals surface area (Å²) < 4.78 is 12.5. The number of alkyl halides is 1. The van der Waals surface area contributed by atoms with E-state index >= 15 is 0 Å². The van der Waals surface area contributed by atoms with E-state index < -0.39 is 18.6 Å². The van der Waals surface area contributed by atoms with Crippen LogP contribution in [0.3, 0.4) is 0 Å². The first-order valence-corrected chi connectivity index (χ1v) is 4.50. The molecule has 1 unspecified atom stereocenters. The molecule has 1 rings (SSSR count). The number of aliphatic carboxylic acids is 1. The van der Waals surface area contributed by atoms with Crippen LogP contribution in [-0.2, 0) is 17.9 Å². The molecule has 0 saturated heterocycles. The van der Waals surface area contributed by atoms with Gasteiger partial charge in [-0.1, -0.05) is 31.2 Å². The van der Waals surface area contributed by atoms with Gasteiger partial charge in [-0.25, -0.2) is 4.39 Å². The summed E-state index contributed by atoms with van der Waals surface area (Å²) in [4.78, 5) is 10.6. The summed E-state index contributed by atoms with van der Waals surface area (Å²) >= 11 is 0. The smallest absolute Gasteiger partial charge is 0.306 e. The highest BCUT2D eigenvalue weighted by atomic mass is 19.1. The van der Waals surface area contributed by atoms with Crippen molar-refractivity contribution in [1.29, 1.82) is 0 Å². The maximum absolute atomic E-state index is 12.5. The van der Waals surface area contributed by atoms with Crippen LogP contribution in [-0.4, -0.2) is 11.1 Å². The Bertz CT molecular complexity index is 323. The van der Waals surface area contributed by atoms with Crippen LogP contribution in [0.5, 0.6) is 0 Å². The van der Waals surface area contributed by atoms with Crippen molar-refractivity contribution in [3.63, 3.8) is 0 Å². The third kappa shape index (κ3) is 2.55. The molecule has 76 valence electrons. The van der Waals surface area contributed by atoms with Gasteiger partial charge in [0.2, 0.25) is 0 Å². The molecule has 1 N–H and O–H groups in total. The normalized spacial score (nSPS) is 12.4. The molecule has 2 nitrogen and oxygen atoms in total. The van der Waals surface area contributed by atoms with Crippen LogP contribution in [0.2, 0.25) is 0 Å². The number of halogens is 1. The molecule has 0 aliphatic heterocycles. The fourth-order valence-corrected chi connectivity index (χ4v) is 1.30. The summed E-state index contributed by atoms with van der Waals surface area (Å²) in [6.45, 7) is 1.08. The van der Waals surface area contributed by atoms with Crippen LogP contribution in [0.15, 0.2) is 24.3 Å². The summed E-state index contributed by atoms with van der Waals surface area (Å²) in [7, 11) is 0. The number of carboxylic acid groups (broad SMARTS) is 1. The SMILES string of the molecule is CC(Cc1ccccc1CF)C(=O)O. The second-order valence-electron chi connectivity index (χ2n) is 3.35. The van der Waals surface area contributed by atoms with Gasteiger partial charge in [0.1, 0.15) is 6.67 Å². The topological polar surface area (TPSA) is 37.3 Å². The highest BCUT2D eigenvalue weighted by Gasteiger charge is 2.13. The largest absolute Gasteiger partial charge is 0.481 e. The standard InChI is InChI=1S/C11H13FO2/c1-8(11(13)14)6-9-4-2-3-5-10(9)7-12/h2-5,8H,6-7H2,1H3,(H,13,14). The maximum atomic E-state index is 12.5. The Hall–Kier alpha value is -1.38. The van der Waals surface area contributed by atoms with Gasteiger partial charge in [0.25, 0.3) is 0 Å². The Morgan fingerprint density at radius 2 is 2.00 bits per heavy atom. The minimum absolute atomic E-state index is 0.384. The van der Waals surface area contributed by atoms with Crippen molar-refractivity contribution in [2.24, 2.45) is 5.92 Å². The second-order valence-corrected chi connectivity index (χ2v) is 3.35. The van der Waals surface area contributed by atoms with Crippen molar-refractivity contribution in [3.05, 3.63) is 35.4 Å². The Kier molecular flexibility index (Phi) is 3.63. The van der Waals surface area contributed by atoms with Crippen molar-refractivity contribution in [2.45, 2.75) is 20.0 Å². The van der Waals surface area contributed by atoms with E-state index in [1.165, 1.54) is 0 Å². The van der Waals surface area contributed by atoms with E-state index in [4.69, 9.17) is 5.11 Å². The quantitative estimate of drug-likeness (QED) is 0.802. The highest BCUT2D eigenvalue weighted by molar-refractivity contribution is 5.70. The maximum Gasteiger partial charge on any atom is 0.306 e. The van der Waals surface area contributed by atoms with Crippen LogP contribution in [0.25, 0.3) is 0 Å². The van der Waals surface area contributed by atoms with Crippen molar-refractivity contribution in [1.82, 2.24) is 0 Å². The summed E-state index contributed by atoms with van der Waals surface area (Å²) in [6.07, 6.45) is 0.384. The first kappa shape index (κ1) is 10.7. The zero-order valence-corrected chi connectivity index (χ0v) is 8.03. The summed E-state index contributed by atoms with van der Waals surface area (Å²) in [5.41, 5.74) is 1.37. The third-order valence-corrected chi connectivity index (χ3v) is 2.21. The van der Waals surface area contributed by atoms with Crippen molar-refractivity contribution < 1.29 is 14.3 Å². The molecule has 1 aromatic rings. The molecule has 0 fully saturated rings. The monoisotopic (exact) mass is 196 g/mol. The molecule has 0 aromatic heterocycles. The molecule has 1 atom stereocenters. The van der Waals surface area contributed by atoms with Gasteiger partial charge in [0.15, 0.2) is 0 Å². The average molecular weight is 196 g/mol. The summed E-state index contributed by atoms with van der Waals surface area (Å²) in [5, 5.41) is 8.71. The van der Waals surface area contributed by atoms with Crippen LogP contribution in [0.1, 0.15) is 18.1 Å². The minimum atomic E-state index is -0.848. The van der Waals surface area contributed by atoms with Gasteiger partial charge in [-0.2, -0.15) is 0 Å². The molecule has 1 aromatic carbocycles. The molecule has 0 radical (unpaired) electrons. The van der Waals surface area contributed by atoms with Crippen molar-refractivity contribution in [3.8, 4) is 0 Å². The average Bonchev–Trinajstić information content (AvgIpc) is 2.18. The van der Waals surface area contributed by atoms with Gasteiger partial charge in [-0.3, -0.25) is 4.79 Å². The molecular formula is C11H13FO2. The van der Waals surface area contributed by atoms with Gasteiger partial charge in [0.05, 0.1) is 5.92 Å². The fourth-order valence-electron chi connectivity index (χ4n) is 1.30. The Morgan fingerprint density at radius 1 is 1.43 bits per heavy atom. The first-order valence-electron chi connectivity index (χ1n) is 4.50. The van der Waals surface area contributed by atoms with E-state index in [2.05, 4.69) is 0 Å². The van der Waals surface area contributed by atoms with E-state index in [-0.39, 0.29) is 0 Å². The molecule has 0 spiro atoms.